The van der Waals surface area contributed by atoms with E-state index >= 15 is 0 Å². The third-order valence-electron chi connectivity index (χ3n) is 6.82. The molecule has 1 aromatic carbocycles. The van der Waals surface area contributed by atoms with Gasteiger partial charge in [0.05, 0.1) is 19.1 Å². The highest BCUT2D eigenvalue weighted by molar-refractivity contribution is 5.79. The van der Waals surface area contributed by atoms with E-state index in [9.17, 15) is 9.59 Å². The first-order chi connectivity index (χ1) is 14.7. The first-order valence-electron chi connectivity index (χ1n) is 11.8. The molecule has 6 heteroatoms. The molecule has 2 fully saturated rings. The van der Waals surface area contributed by atoms with E-state index in [1.807, 2.05) is 11.8 Å². The molecule has 1 N–H and O–H groups in total. The van der Waals surface area contributed by atoms with Crippen LogP contribution in [0.3, 0.4) is 0 Å². The lowest BCUT2D eigenvalue weighted by Crippen LogP contribution is -2.53. The van der Waals surface area contributed by atoms with Crippen LogP contribution in [0.25, 0.3) is 0 Å². The summed E-state index contributed by atoms with van der Waals surface area (Å²) < 4.78 is 0. The molecule has 3 atom stereocenters. The van der Waals surface area contributed by atoms with Crippen LogP contribution in [-0.4, -0.2) is 78.9 Å². The monoisotopic (exact) mass is 428 g/mol. The zero-order valence-electron chi connectivity index (χ0n) is 20.0. The van der Waals surface area contributed by atoms with Gasteiger partial charge in [0.1, 0.15) is 0 Å². The Morgan fingerprint density at radius 2 is 1.55 bits per heavy atom. The molecule has 3 rings (SSSR count). The molecule has 2 aliphatic rings. The lowest BCUT2D eigenvalue weighted by atomic mass is 9.92. The first-order valence-corrected chi connectivity index (χ1v) is 11.8. The minimum Gasteiger partial charge on any atom is -0.348 e. The lowest BCUT2D eigenvalue weighted by Gasteiger charge is -2.38. The van der Waals surface area contributed by atoms with Crippen molar-refractivity contribution in [1.82, 2.24) is 20.0 Å². The normalized spacial score (nSPS) is 24.1. The van der Waals surface area contributed by atoms with Crippen molar-refractivity contribution >= 4 is 11.8 Å². The molecule has 2 amide bonds. The number of amides is 2. The van der Waals surface area contributed by atoms with Gasteiger partial charge in [0, 0.05) is 39.3 Å². The van der Waals surface area contributed by atoms with Gasteiger partial charge >= 0.3 is 0 Å². The van der Waals surface area contributed by atoms with Gasteiger partial charge in [0.15, 0.2) is 0 Å². The molecule has 2 aliphatic heterocycles. The van der Waals surface area contributed by atoms with Crippen LogP contribution < -0.4 is 5.32 Å². The Morgan fingerprint density at radius 1 is 0.968 bits per heavy atom. The van der Waals surface area contributed by atoms with Crippen LogP contribution in [0.15, 0.2) is 18.2 Å². The van der Waals surface area contributed by atoms with Crippen molar-refractivity contribution in [2.75, 3.05) is 52.4 Å². The van der Waals surface area contributed by atoms with Gasteiger partial charge in [0.2, 0.25) is 11.8 Å². The van der Waals surface area contributed by atoms with Gasteiger partial charge in [-0.25, -0.2) is 0 Å². The molecule has 1 aromatic rings. The van der Waals surface area contributed by atoms with Crippen LogP contribution in [0.5, 0.6) is 0 Å². The summed E-state index contributed by atoms with van der Waals surface area (Å²) in [6.45, 7) is 16.7. The molecule has 0 radical (unpaired) electrons. The Labute approximate surface area is 188 Å². The molecule has 0 spiro atoms. The lowest BCUT2D eigenvalue weighted by molar-refractivity contribution is -0.135. The fraction of sp³-hybridized carbons (Fsp3) is 0.680. The molecular weight excluding hydrogens is 388 g/mol. The van der Waals surface area contributed by atoms with Crippen molar-refractivity contribution in [2.45, 2.75) is 47.1 Å². The summed E-state index contributed by atoms with van der Waals surface area (Å²) in [6, 6.07) is 6.35. The van der Waals surface area contributed by atoms with Gasteiger partial charge in [-0.15, -0.1) is 0 Å². The van der Waals surface area contributed by atoms with Crippen LogP contribution >= 0.6 is 0 Å². The number of rotatable bonds is 6. The van der Waals surface area contributed by atoms with E-state index in [-0.39, 0.29) is 17.9 Å². The SMILES string of the molecule is Cc1ccc(C(C)NC(=O)CN2CCN(CC(=O)N3CC(C)CC(C)C3)CC2)cc1C. The smallest absolute Gasteiger partial charge is 0.236 e. The van der Waals surface area contributed by atoms with Gasteiger partial charge in [0.25, 0.3) is 0 Å². The summed E-state index contributed by atoms with van der Waals surface area (Å²) in [4.78, 5) is 31.7. The van der Waals surface area contributed by atoms with Crippen molar-refractivity contribution in [2.24, 2.45) is 11.8 Å². The van der Waals surface area contributed by atoms with Crippen molar-refractivity contribution in [3.05, 3.63) is 34.9 Å². The topological polar surface area (TPSA) is 55.9 Å². The van der Waals surface area contributed by atoms with Gasteiger partial charge < -0.3 is 10.2 Å². The van der Waals surface area contributed by atoms with Crippen LogP contribution in [0, 0.1) is 25.7 Å². The van der Waals surface area contributed by atoms with Gasteiger partial charge in [-0.05, 0) is 55.7 Å². The predicted molar refractivity (Wildman–Crippen MR) is 125 cm³/mol. The van der Waals surface area contributed by atoms with E-state index < -0.39 is 0 Å². The molecule has 0 aromatic heterocycles. The average molecular weight is 429 g/mol. The van der Waals surface area contributed by atoms with Crippen molar-refractivity contribution < 1.29 is 9.59 Å². The molecule has 6 nitrogen and oxygen atoms in total. The standard InChI is InChI=1S/C25H40N4O2/c1-18-12-19(2)15-29(14-18)25(31)17-28-10-8-27(9-11-28)16-24(30)26-22(5)23-7-6-20(3)21(4)13-23/h6-7,13,18-19,22H,8-12,14-17H2,1-5H3,(H,26,30). The summed E-state index contributed by atoms with van der Waals surface area (Å²) in [6.07, 6.45) is 1.21. The Morgan fingerprint density at radius 3 is 2.13 bits per heavy atom. The highest BCUT2D eigenvalue weighted by Gasteiger charge is 2.28. The maximum absolute atomic E-state index is 12.7. The number of aryl methyl sites for hydroxylation is 2. The number of hydrogen-bond donors (Lipinski definition) is 1. The van der Waals surface area contributed by atoms with Crippen LogP contribution in [-0.2, 0) is 9.59 Å². The number of nitrogens with one attached hydrogen (secondary N) is 1. The summed E-state index contributed by atoms with van der Waals surface area (Å²) in [5.74, 6) is 1.50. The van der Waals surface area contributed by atoms with Gasteiger partial charge in [-0.3, -0.25) is 19.4 Å². The number of carbonyl (C=O) groups is 2. The summed E-state index contributed by atoms with van der Waals surface area (Å²) in [7, 11) is 0. The Kier molecular flexibility index (Phi) is 8.11. The summed E-state index contributed by atoms with van der Waals surface area (Å²) in [5.41, 5.74) is 3.65. The largest absolute Gasteiger partial charge is 0.348 e. The Bertz CT molecular complexity index is 763. The minimum atomic E-state index is 0.0000339. The van der Waals surface area contributed by atoms with Crippen molar-refractivity contribution in [1.29, 1.82) is 0 Å². The van der Waals surface area contributed by atoms with Gasteiger partial charge in [-0.1, -0.05) is 32.0 Å². The number of carbonyl (C=O) groups excluding carboxylic acids is 2. The Balaban J connectivity index is 1.39. The molecule has 0 aliphatic carbocycles. The van der Waals surface area contributed by atoms with Crippen molar-refractivity contribution in [3.63, 3.8) is 0 Å². The van der Waals surface area contributed by atoms with Crippen molar-refractivity contribution in [3.8, 4) is 0 Å². The number of benzene rings is 1. The third kappa shape index (κ3) is 6.78. The summed E-state index contributed by atoms with van der Waals surface area (Å²) in [5, 5.41) is 3.13. The molecule has 2 saturated heterocycles. The molecule has 31 heavy (non-hydrogen) atoms. The molecule has 3 unspecified atom stereocenters. The Hall–Kier alpha value is -1.92. The number of hydrogen-bond acceptors (Lipinski definition) is 4. The maximum atomic E-state index is 12.7. The fourth-order valence-corrected chi connectivity index (χ4v) is 4.87. The minimum absolute atomic E-state index is 0.0000339. The highest BCUT2D eigenvalue weighted by atomic mass is 16.2. The number of piperidine rings is 1. The number of likely N-dealkylation sites (tertiary alicyclic amines) is 1. The van der Waals surface area contributed by atoms with E-state index in [1.165, 1.54) is 17.5 Å². The average Bonchev–Trinajstić information content (AvgIpc) is 2.70. The molecule has 0 bridgehead atoms. The molecule has 2 heterocycles. The second-order valence-electron chi connectivity index (χ2n) is 9.93. The molecular formula is C25H40N4O2. The third-order valence-corrected chi connectivity index (χ3v) is 6.82. The van der Waals surface area contributed by atoms with E-state index in [2.05, 4.69) is 61.0 Å². The van der Waals surface area contributed by atoms with Crippen LogP contribution in [0.4, 0.5) is 0 Å². The zero-order chi connectivity index (χ0) is 22.5. The van der Waals surface area contributed by atoms with E-state index in [0.29, 0.717) is 24.9 Å². The van der Waals surface area contributed by atoms with E-state index in [1.54, 1.807) is 0 Å². The van der Waals surface area contributed by atoms with Crippen LogP contribution in [0.2, 0.25) is 0 Å². The molecule has 172 valence electrons. The predicted octanol–water partition coefficient (Wildman–Crippen LogP) is 2.60. The van der Waals surface area contributed by atoms with E-state index in [0.717, 1.165) is 44.8 Å². The fourth-order valence-electron chi connectivity index (χ4n) is 4.87. The second kappa shape index (κ2) is 10.6. The highest BCUT2D eigenvalue weighted by Crippen LogP contribution is 2.21. The molecule has 0 saturated carbocycles. The summed E-state index contributed by atoms with van der Waals surface area (Å²) >= 11 is 0. The first kappa shape index (κ1) is 23.7. The maximum Gasteiger partial charge on any atom is 0.236 e. The van der Waals surface area contributed by atoms with Crippen LogP contribution in [0.1, 0.15) is 49.9 Å². The number of nitrogens with zero attached hydrogens (tertiary/aromatic N) is 3. The number of piperazine rings is 1. The second-order valence-corrected chi connectivity index (χ2v) is 9.93. The van der Waals surface area contributed by atoms with E-state index in [4.69, 9.17) is 0 Å². The van der Waals surface area contributed by atoms with Gasteiger partial charge in [-0.2, -0.15) is 0 Å². The quantitative estimate of drug-likeness (QED) is 0.757. The zero-order valence-corrected chi connectivity index (χ0v) is 20.0.